The van der Waals surface area contributed by atoms with Crippen molar-refractivity contribution in [1.82, 2.24) is 25.0 Å². The second kappa shape index (κ2) is 16.8. The van der Waals surface area contributed by atoms with Crippen LogP contribution in [0.2, 0.25) is 20.1 Å². The molecule has 0 unspecified atom stereocenters. The minimum atomic E-state index is -0.473. The minimum Gasteiger partial charge on any atom is -0.461 e. The molecule has 0 fully saturated rings. The number of rotatable bonds is 7. The lowest BCUT2D eigenvalue weighted by molar-refractivity contribution is 0.0518. The zero-order valence-electron chi connectivity index (χ0n) is 27.1. The van der Waals surface area contributed by atoms with Crippen LogP contribution in [-0.4, -0.2) is 38.0 Å². The predicted molar refractivity (Wildman–Crippen MR) is 211 cm³/mol. The molecule has 0 aliphatic rings. The Balaban J connectivity index is 0.000000198. The van der Waals surface area contributed by atoms with Crippen LogP contribution in [0.1, 0.15) is 39.0 Å². The summed E-state index contributed by atoms with van der Waals surface area (Å²) in [5, 5.41) is 10.8. The number of hydrogen-bond acceptors (Lipinski definition) is 6. The molecule has 15 heteroatoms. The van der Waals surface area contributed by atoms with Gasteiger partial charge < -0.3 is 4.74 Å². The molecule has 2 heterocycles. The van der Waals surface area contributed by atoms with Gasteiger partial charge in [-0.3, -0.25) is 10.2 Å². The number of amides is 1. The summed E-state index contributed by atoms with van der Waals surface area (Å²) in [4.78, 5) is 24.4. The van der Waals surface area contributed by atoms with Crippen LogP contribution in [0, 0.1) is 13.8 Å². The van der Waals surface area contributed by atoms with Gasteiger partial charge in [-0.05, 0) is 81.4 Å². The SMILES string of the molecule is CCOC(=O)c1nn(-c2ccc(Cl)cc2Cl)c(-c2ccc(Br)cc2)c1C.Cc1c(C(=O)NN)nn(-c2ccc(Cl)cc2Cl)c1-c1ccc(Br)cc1. The number of aromatic nitrogens is 4. The van der Waals surface area contributed by atoms with E-state index in [1.54, 1.807) is 52.7 Å². The maximum absolute atomic E-state index is 12.3. The Hall–Kier alpha value is -3.68. The number of nitrogens with zero attached hydrogens (tertiary/aromatic N) is 4. The molecular weight excluding hydrogens is 866 g/mol. The molecule has 4 aromatic carbocycles. The van der Waals surface area contributed by atoms with Crippen LogP contribution in [0.5, 0.6) is 0 Å². The van der Waals surface area contributed by atoms with Crippen LogP contribution in [0.15, 0.2) is 93.9 Å². The molecule has 9 nitrogen and oxygen atoms in total. The Bertz CT molecular complexity index is 2240. The monoisotopic (exact) mass is 890 g/mol. The van der Waals surface area contributed by atoms with Crippen LogP contribution in [0.3, 0.4) is 0 Å². The topological polar surface area (TPSA) is 117 Å². The molecule has 262 valence electrons. The lowest BCUT2D eigenvalue weighted by Crippen LogP contribution is -2.30. The lowest BCUT2D eigenvalue weighted by Gasteiger charge is -2.11. The highest BCUT2D eigenvalue weighted by Crippen LogP contribution is 2.35. The molecule has 51 heavy (non-hydrogen) atoms. The van der Waals surface area contributed by atoms with Crippen molar-refractivity contribution in [3.8, 4) is 33.9 Å². The van der Waals surface area contributed by atoms with Crippen molar-refractivity contribution in [2.24, 2.45) is 5.84 Å². The van der Waals surface area contributed by atoms with Gasteiger partial charge in [0, 0.05) is 41.2 Å². The van der Waals surface area contributed by atoms with E-state index < -0.39 is 11.9 Å². The molecule has 6 aromatic rings. The quantitative estimate of drug-likeness (QED) is 0.0713. The highest BCUT2D eigenvalue weighted by Gasteiger charge is 2.25. The molecule has 1 amide bonds. The molecule has 0 saturated heterocycles. The Labute approximate surface area is 330 Å². The van der Waals surface area contributed by atoms with Gasteiger partial charge in [-0.25, -0.2) is 20.0 Å². The van der Waals surface area contributed by atoms with Crippen molar-refractivity contribution >= 4 is 90.1 Å². The van der Waals surface area contributed by atoms with Crippen molar-refractivity contribution in [2.75, 3.05) is 6.61 Å². The maximum Gasteiger partial charge on any atom is 0.359 e. The van der Waals surface area contributed by atoms with E-state index in [1.165, 1.54) is 0 Å². The Morgan fingerprint density at radius 1 is 0.706 bits per heavy atom. The van der Waals surface area contributed by atoms with Crippen LogP contribution >= 0.6 is 78.3 Å². The van der Waals surface area contributed by atoms with E-state index in [9.17, 15) is 9.59 Å². The summed E-state index contributed by atoms with van der Waals surface area (Å²) >= 11 is 31.6. The summed E-state index contributed by atoms with van der Waals surface area (Å²) in [6, 6.07) is 25.7. The van der Waals surface area contributed by atoms with Gasteiger partial charge in [0.05, 0.1) is 39.4 Å². The highest BCUT2D eigenvalue weighted by molar-refractivity contribution is 9.10. The standard InChI is InChI=1S/C19H15BrCl2N2O2.C17H13BrCl2N4O/c1-3-26-19(25)17-11(2)18(12-4-6-13(20)7-5-12)24(23-17)16-9-8-14(21)10-15(16)22;1-9-15(17(25)22-21)23-24(14-7-6-12(19)8-13(14)20)16(9)10-2-4-11(18)5-3-10/h4-10H,3H2,1-2H3;2-8H,21H2,1H3,(H,22,25). The van der Waals surface area contributed by atoms with E-state index in [0.717, 1.165) is 37.0 Å². The van der Waals surface area contributed by atoms with Crippen LogP contribution < -0.4 is 11.3 Å². The summed E-state index contributed by atoms with van der Waals surface area (Å²) < 4.78 is 10.3. The third kappa shape index (κ3) is 8.52. The number of hydrogen-bond donors (Lipinski definition) is 2. The van der Waals surface area contributed by atoms with Gasteiger partial charge in [0.25, 0.3) is 5.91 Å². The molecule has 0 aliphatic carbocycles. The van der Waals surface area contributed by atoms with Crippen LogP contribution in [0.25, 0.3) is 33.9 Å². The maximum atomic E-state index is 12.3. The van der Waals surface area contributed by atoms with Gasteiger partial charge in [0.1, 0.15) is 0 Å². The molecule has 0 radical (unpaired) electrons. The number of nitrogen functional groups attached to an aromatic ring is 1. The number of benzene rings is 4. The van der Waals surface area contributed by atoms with Gasteiger partial charge in [-0.2, -0.15) is 10.2 Å². The molecule has 0 bridgehead atoms. The van der Waals surface area contributed by atoms with E-state index in [2.05, 4.69) is 47.5 Å². The van der Waals surface area contributed by atoms with Crippen LogP contribution in [-0.2, 0) is 4.74 Å². The first-order valence-electron chi connectivity index (χ1n) is 15.1. The number of hydrazine groups is 1. The number of carbonyl (C=O) groups excluding carboxylic acids is 2. The molecule has 0 saturated carbocycles. The summed E-state index contributed by atoms with van der Waals surface area (Å²) in [5.74, 6) is 4.34. The first-order chi connectivity index (χ1) is 24.3. The Kier molecular flexibility index (Phi) is 12.7. The van der Waals surface area contributed by atoms with Crippen molar-refractivity contribution in [3.63, 3.8) is 0 Å². The summed E-state index contributed by atoms with van der Waals surface area (Å²) in [6.07, 6.45) is 0. The van der Waals surface area contributed by atoms with Crippen molar-refractivity contribution in [1.29, 1.82) is 0 Å². The van der Waals surface area contributed by atoms with E-state index in [0.29, 0.717) is 37.0 Å². The predicted octanol–water partition coefficient (Wildman–Crippen LogP) is 10.6. The molecule has 0 aliphatic heterocycles. The van der Waals surface area contributed by atoms with Gasteiger partial charge >= 0.3 is 5.97 Å². The van der Waals surface area contributed by atoms with E-state index in [4.69, 9.17) is 57.0 Å². The molecule has 2 aromatic heterocycles. The highest BCUT2D eigenvalue weighted by atomic mass is 79.9. The van der Waals surface area contributed by atoms with E-state index >= 15 is 0 Å². The van der Waals surface area contributed by atoms with Gasteiger partial charge in [0.15, 0.2) is 11.4 Å². The zero-order valence-corrected chi connectivity index (χ0v) is 33.3. The minimum absolute atomic E-state index is 0.228. The molecular formula is C36H28Br2Cl4N6O3. The molecule has 6 rings (SSSR count). The summed E-state index contributed by atoms with van der Waals surface area (Å²) in [7, 11) is 0. The van der Waals surface area contributed by atoms with Crippen molar-refractivity contribution < 1.29 is 14.3 Å². The second-order valence-corrected chi connectivity index (χ2v) is 14.4. The van der Waals surface area contributed by atoms with Crippen molar-refractivity contribution in [3.05, 3.63) is 136 Å². The third-order valence-corrected chi connectivity index (χ3v) is 9.70. The second-order valence-electron chi connectivity index (χ2n) is 10.9. The normalized spacial score (nSPS) is 10.8. The van der Waals surface area contributed by atoms with E-state index in [1.807, 2.05) is 62.4 Å². The smallest absolute Gasteiger partial charge is 0.359 e. The number of esters is 1. The average molecular weight is 894 g/mol. The molecule has 0 spiro atoms. The molecule has 0 atom stereocenters. The number of nitrogens with two attached hydrogens (primary N) is 1. The van der Waals surface area contributed by atoms with Gasteiger partial charge in [-0.15, -0.1) is 0 Å². The number of ether oxygens (including phenoxy) is 1. The van der Waals surface area contributed by atoms with Crippen molar-refractivity contribution in [2.45, 2.75) is 20.8 Å². The first-order valence-corrected chi connectivity index (χ1v) is 18.2. The molecule has 3 N–H and O–H groups in total. The first kappa shape index (κ1) is 38.5. The summed E-state index contributed by atoms with van der Waals surface area (Å²) in [6.45, 7) is 5.70. The number of carbonyl (C=O) groups is 2. The third-order valence-electron chi connectivity index (χ3n) is 7.57. The van der Waals surface area contributed by atoms with Gasteiger partial charge in [0.2, 0.25) is 0 Å². The van der Waals surface area contributed by atoms with E-state index in [-0.39, 0.29) is 18.0 Å². The fourth-order valence-electron chi connectivity index (χ4n) is 5.22. The Morgan fingerprint density at radius 2 is 1.12 bits per heavy atom. The lowest BCUT2D eigenvalue weighted by atomic mass is 10.1. The van der Waals surface area contributed by atoms with Crippen LogP contribution in [0.4, 0.5) is 0 Å². The number of nitrogens with one attached hydrogen (secondary N) is 1. The fraction of sp³-hybridized carbons (Fsp3) is 0.111. The van der Waals surface area contributed by atoms with Gasteiger partial charge in [-0.1, -0.05) is 103 Å². The largest absolute Gasteiger partial charge is 0.461 e. The average Bonchev–Trinajstić information content (AvgIpc) is 3.62. The Morgan fingerprint density at radius 3 is 1.51 bits per heavy atom. The summed E-state index contributed by atoms with van der Waals surface area (Å²) in [5.41, 5.74) is 8.57. The zero-order chi connectivity index (χ0) is 37.0. The fourth-order valence-corrected chi connectivity index (χ4v) is 6.72. The number of halogens is 6.